The van der Waals surface area contributed by atoms with Crippen LogP contribution in [0.25, 0.3) is 0 Å². The molecule has 3 amide bonds. The molecule has 0 aliphatic carbocycles. The van der Waals surface area contributed by atoms with E-state index in [9.17, 15) is 18.4 Å². The largest absolute Gasteiger partial charge is 0.371 e. The third-order valence-electron chi connectivity index (χ3n) is 4.33. The molecule has 1 fully saturated rings. The summed E-state index contributed by atoms with van der Waals surface area (Å²) in [6.07, 6.45) is 0.836. The molecule has 1 aromatic carbocycles. The Hall–Kier alpha value is -2.38. The number of nitrogens with one attached hydrogen (secondary N) is 3. The first kappa shape index (κ1) is 19.0. The SMILES string of the molecule is CNC(=O)NC(C)(C)C(=O)NCC1CCN(c2ccc(F)c(F)c2)C1. The number of halogens is 2. The highest BCUT2D eigenvalue weighted by atomic mass is 19.2. The quantitative estimate of drug-likeness (QED) is 0.752. The highest BCUT2D eigenvalue weighted by Gasteiger charge is 2.30. The molecule has 0 aromatic heterocycles. The smallest absolute Gasteiger partial charge is 0.315 e. The van der Waals surface area contributed by atoms with Gasteiger partial charge in [-0.15, -0.1) is 0 Å². The van der Waals surface area contributed by atoms with E-state index in [1.54, 1.807) is 19.9 Å². The van der Waals surface area contributed by atoms with Crippen LogP contribution in [0.15, 0.2) is 18.2 Å². The van der Waals surface area contributed by atoms with Gasteiger partial charge in [0.15, 0.2) is 11.6 Å². The topological polar surface area (TPSA) is 73.5 Å². The molecule has 1 aliphatic rings. The lowest BCUT2D eigenvalue weighted by Gasteiger charge is -2.25. The standard InChI is InChI=1S/C17H24F2N4O2/c1-17(2,22-16(25)20-3)15(24)21-9-11-6-7-23(10-11)12-4-5-13(18)14(19)8-12/h4-5,8,11H,6-7,9-10H2,1-3H3,(H,21,24)(H2,20,22,25). The van der Waals surface area contributed by atoms with Gasteiger partial charge in [-0.25, -0.2) is 13.6 Å². The van der Waals surface area contributed by atoms with Crippen molar-refractivity contribution in [3.63, 3.8) is 0 Å². The summed E-state index contributed by atoms with van der Waals surface area (Å²) in [6.45, 7) is 5.07. The van der Waals surface area contributed by atoms with Crippen LogP contribution < -0.4 is 20.9 Å². The zero-order valence-corrected chi connectivity index (χ0v) is 14.7. The Morgan fingerprint density at radius 2 is 2.00 bits per heavy atom. The molecule has 25 heavy (non-hydrogen) atoms. The van der Waals surface area contributed by atoms with E-state index in [0.29, 0.717) is 25.3 Å². The molecule has 0 radical (unpaired) electrons. The van der Waals surface area contributed by atoms with Gasteiger partial charge >= 0.3 is 6.03 Å². The van der Waals surface area contributed by atoms with E-state index in [0.717, 1.165) is 12.5 Å². The van der Waals surface area contributed by atoms with Gasteiger partial charge in [-0.1, -0.05) is 0 Å². The Bertz CT molecular complexity index is 652. The van der Waals surface area contributed by atoms with Crippen molar-refractivity contribution >= 4 is 17.6 Å². The van der Waals surface area contributed by atoms with Gasteiger partial charge in [-0.2, -0.15) is 0 Å². The second-order valence-corrected chi connectivity index (χ2v) is 6.74. The normalized spacial score (nSPS) is 17.3. The highest BCUT2D eigenvalue weighted by molar-refractivity contribution is 5.90. The second kappa shape index (κ2) is 7.67. The zero-order chi connectivity index (χ0) is 18.6. The van der Waals surface area contributed by atoms with Gasteiger partial charge in [0, 0.05) is 38.4 Å². The monoisotopic (exact) mass is 354 g/mol. The van der Waals surface area contributed by atoms with E-state index in [2.05, 4.69) is 16.0 Å². The van der Waals surface area contributed by atoms with Crippen LogP contribution in [0, 0.1) is 17.6 Å². The second-order valence-electron chi connectivity index (χ2n) is 6.74. The van der Waals surface area contributed by atoms with Crippen molar-refractivity contribution in [2.45, 2.75) is 25.8 Å². The van der Waals surface area contributed by atoms with Crippen LogP contribution >= 0.6 is 0 Å². The lowest BCUT2D eigenvalue weighted by Crippen LogP contribution is -2.57. The number of carbonyl (C=O) groups is 2. The van der Waals surface area contributed by atoms with Crippen LogP contribution in [-0.2, 0) is 4.79 Å². The minimum absolute atomic E-state index is 0.202. The molecule has 1 aliphatic heterocycles. The molecule has 1 saturated heterocycles. The molecule has 3 N–H and O–H groups in total. The molecular weight excluding hydrogens is 330 g/mol. The van der Waals surface area contributed by atoms with Gasteiger partial charge in [0.2, 0.25) is 5.91 Å². The van der Waals surface area contributed by atoms with Crippen molar-refractivity contribution in [3.8, 4) is 0 Å². The first-order chi connectivity index (χ1) is 11.7. The maximum atomic E-state index is 13.4. The van der Waals surface area contributed by atoms with Gasteiger partial charge in [-0.05, 0) is 38.3 Å². The summed E-state index contributed by atoms with van der Waals surface area (Å²) in [4.78, 5) is 25.6. The summed E-state index contributed by atoms with van der Waals surface area (Å²) in [7, 11) is 1.48. The molecular formula is C17H24F2N4O2. The summed E-state index contributed by atoms with van der Waals surface area (Å²) in [5.41, 5.74) is -0.396. The van der Waals surface area contributed by atoms with Crippen molar-refractivity contribution in [3.05, 3.63) is 29.8 Å². The number of anilines is 1. The predicted molar refractivity (Wildman–Crippen MR) is 91.4 cm³/mol. The summed E-state index contributed by atoms with van der Waals surface area (Å²) < 4.78 is 26.4. The van der Waals surface area contributed by atoms with E-state index < -0.39 is 23.2 Å². The fourth-order valence-electron chi connectivity index (χ4n) is 2.78. The average molecular weight is 354 g/mol. The number of urea groups is 1. The van der Waals surface area contributed by atoms with Gasteiger partial charge in [0.25, 0.3) is 0 Å². The lowest BCUT2D eigenvalue weighted by molar-refractivity contribution is -0.126. The molecule has 0 bridgehead atoms. The average Bonchev–Trinajstić information content (AvgIpc) is 3.03. The summed E-state index contributed by atoms with van der Waals surface area (Å²) >= 11 is 0. The third-order valence-corrected chi connectivity index (χ3v) is 4.33. The molecule has 1 atom stereocenters. The molecule has 6 nitrogen and oxygen atoms in total. The number of hydrogen-bond acceptors (Lipinski definition) is 3. The van der Waals surface area contributed by atoms with E-state index in [4.69, 9.17) is 0 Å². The fourth-order valence-corrected chi connectivity index (χ4v) is 2.78. The van der Waals surface area contributed by atoms with Crippen molar-refractivity contribution in [2.24, 2.45) is 5.92 Å². The van der Waals surface area contributed by atoms with Gasteiger partial charge in [0.1, 0.15) is 5.54 Å². The Morgan fingerprint density at radius 3 is 2.64 bits per heavy atom. The van der Waals surface area contributed by atoms with Crippen molar-refractivity contribution in [1.82, 2.24) is 16.0 Å². The Morgan fingerprint density at radius 1 is 1.28 bits per heavy atom. The maximum absolute atomic E-state index is 13.4. The van der Waals surface area contributed by atoms with Crippen LogP contribution in [0.3, 0.4) is 0 Å². The first-order valence-corrected chi connectivity index (χ1v) is 8.21. The highest BCUT2D eigenvalue weighted by Crippen LogP contribution is 2.25. The third kappa shape index (κ3) is 4.80. The van der Waals surface area contributed by atoms with E-state index >= 15 is 0 Å². The van der Waals surface area contributed by atoms with E-state index in [1.165, 1.54) is 13.1 Å². The predicted octanol–water partition coefficient (Wildman–Crippen LogP) is 1.61. The first-order valence-electron chi connectivity index (χ1n) is 8.21. The van der Waals surface area contributed by atoms with Crippen molar-refractivity contribution in [1.29, 1.82) is 0 Å². The van der Waals surface area contributed by atoms with Crippen LogP contribution in [0.4, 0.5) is 19.3 Å². The van der Waals surface area contributed by atoms with Crippen molar-refractivity contribution < 1.29 is 18.4 Å². The maximum Gasteiger partial charge on any atom is 0.315 e. The fraction of sp³-hybridized carbons (Fsp3) is 0.529. The Labute approximate surface area is 146 Å². The van der Waals surface area contributed by atoms with Gasteiger partial charge in [-0.3, -0.25) is 4.79 Å². The number of carbonyl (C=O) groups excluding carboxylic acids is 2. The Kier molecular flexibility index (Phi) is 5.81. The van der Waals surface area contributed by atoms with Gasteiger partial charge in [0.05, 0.1) is 0 Å². The molecule has 1 unspecified atom stereocenters. The lowest BCUT2D eigenvalue weighted by atomic mass is 10.0. The molecule has 0 saturated carbocycles. The summed E-state index contributed by atoms with van der Waals surface area (Å²) in [6, 6.07) is 3.43. The minimum atomic E-state index is -1.03. The molecule has 1 aromatic rings. The molecule has 138 valence electrons. The van der Waals surface area contributed by atoms with E-state index in [1.807, 2.05) is 4.90 Å². The number of amides is 3. The number of hydrogen-bond donors (Lipinski definition) is 3. The van der Waals surface area contributed by atoms with Crippen molar-refractivity contribution in [2.75, 3.05) is 31.6 Å². The zero-order valence-electron chi connectivity index (χ0n) is 14.7. The van der Waals surface area contributed by atoms with Gasteiger partial charge < -0.3 is 20.9 Å². The van der Waals surface area contributed by atoms with Crippen LogP contribution in [-0.4, -0.2) is 44.2 Å². The number of nitrogens with zero attached hydrogens (tertiary/aromatic N) is 1. The minimum Gasteiger partial charge on any atom is -0.371 e. The number of rotatable bonds is 5. The Balaban J connectivity index is 1.85. The molecule has 1 heterocycles. The molecule has 2 rings (SSSR count). The van der Waals surface area contributed by atoms with E-state index in [-0.39, 0.29) is 11.8 Å². The summed E-state index contributed by atoms with van der Waals surface area (Å²) in [5, 5.41) is 7.83. The van der Waals surface area contributed by atoms with Crippen LogP contribution in [0.5, 0.6) is 0 Å². The summed E-state index contributed by atoms with van der Waals surface area (Å²) in [5.74, 6) is -1.80. The molecule has 0 spiro atoms. The van der Waals surface area contributed by atoms with Crippen LogP contribution in [0.2, 0.25) is 0 Å². The van der Waals surface area contributed by atoms with Crippen LogP contribution in [0.1, 0.15) is 20.3 Å². The molecule has 8 heteroatoms. The number of benzene rings is 1.